The Morgan fingerprint density at radius 1 is 1.25 bits per heavy atom. The molecule has 4 nitrogen and oxygen atoms in total. The van der Waals surface area contributed by atoms with Gasteiger partial charge in [-0.2, -0.15) is 5.10 Å². The van der Waals surface area contributed by atoms with E-state index in [1.807, 2.05) is 31.2 Å². The van der Waals surface area contributed by atoms with Crippen LogP contribution in [-0.4, -0.2) is 17.2 Å². The van der Waals surface area contributed by atoms with Crippen LogP contribution in [0.1, 0.15) is 16.7 Å². The van der Waals surface area contributed by atoms with Gasteiger partial charge in [0.1, 0.15) is 5.75 Å². The van der Waals surface area contributed by atoms with Crippen LogP contribution in [0.4, 0.5) is 0 Å². The van der Waals surface area contributed by atoms with Crippen molar-refractivity contribution in [2.45, 2.75) is 13.3 Å². The highest BCUT2D eigenvalue weighted by molar-refractivity contribution is 5.84. The van der Waals surface area contributed by atoms with Gasteiger partial charge in [0, 0.05) is 0 Å². The van der Waals surface area contributed by atoms with Crippen molar-refractivity contribution in [3.8, 4) is 5.75 Å². The molecule has 0 heterocycles. The zero-order valence-electron chi connectivity index (χ0n) is 11.2. The number of amides is 1. The Labute approximate surface area is 117 Å². The Morgan fingerprint density at radius 2 is 2.05 bits per heavy atom. The number of phenolic OH excluding ortho intramolecular Hbond substituents is 1. The summed E-state index contributed by atoms with van der Waals surface area (Å²) in [6, 6.07) is 14.4. The fourth-order valence-corrected chi connectivity index (χ4v) is 1.80. The molecule has 0 bridgehead atoms. The maximum atomic E-state index is 11.7. The van der Waals surface area contributed by atoms with Crippen LogP contribution in [0.15, 0.2) is 53.6 Å². The van der Waals surface area contributed by atoms with E-state index < -0.39 is 0 Å². The number of rotatable bonds is 4. The number of hydrogen-bond donors (Lipinski definition) is 2. The summed E-state index contributed by atoms with van der Waals surface area (Å²) in [7, 11) is 0. The average molecular weight is 268 g/mol. The fourth-order valence-electron chi connectivity index (χ4n) is 1.80. The molecule has 0 aliphatic carbocycles. The van der Waals surface area contributed by atoms with Gasteiger partial charge in [-0.25, -0.2) is 5.43 Å². The van der Waals surface area contributed by atoms with Gasteiger partial charge in [-0.15, -0.1) is 0 Å². The van der Waals surface area contributed by atoms with Gasteiger partial charge in [0.15, 0.2) is 0 Å². The molecule has 20 heavy (non-hydrogen) atoms. The van der Waals surface area contributed by atoms with E-state index in [0.29, 0.717) is 0 Å². The van der Waals surface area contributed by atoms with Gasteiger partial charge in [-0.3, -0.25) is 4.79 Å². The molecule has 4 heteroatoms. The molecule has 0 aliphatic heterocycles. The van der Waals surface area contributed by atoms with Crippen LogP contribution in [0.5, 0.6) is 5.75 Å². The van der Waals surface area contributed by atoms with E-state index in [-0.39, 0.29) is 18.1 Å². The molecule has 0 spiro atoms. The van der Waals surface area contributed by atoms with E-state index in [1.54, 1.807) is 30.5 Å². The molecule has 2 aromatic carbocycles. The van der Waals surface area contributed by atoms with Crippen LogP contribution in [0.25, 0.3) is 0 Å². The average Bonchev–Trinajstić information content (AvgIpc) is 2.41. The standard InChI is InChI=1S/C16H16N2O2/c1-12-5-2-3-7-14(12)11-17-18-16(20)10-13-6-4-8-15(19)9-13/h2-9,11,19H,10H2,1H3,(H,18,20)/b17-11+. The lowest BCUT2D eigenvalue weighted by atomic mass is 10.1. The number of benzene rings is 2. The predicted octanol–water partition coefficient (Wildman–Crippen LogP) is 2.39. The second kappa shape index (κ2) is 6.52. The summed E-state index contributed by atoms with van der Waals surface area (Å²) < 4.78 is 0. The fraction of sp³-hybridized carbons (Fsp3) is 0.125. The van der Waals surface area contributed by atoms with Crippen molar-refractivity contribution in [3.05, 3.63) is 65.2 Å². The van der Waals surface area contributed by atoms with Crippen molar-refractivity contribution >= 4 is 12.1 Å². The summed E-state index contributed by atoms with van der Waals surface area (Å²) in [4.78, 5) is 11.7. The lowest BCUT2D eigenvalue weighted by molar-refractivity contribution is -0.120. The van der Waals surface area contributed by atoms with Crippen LogP contribution >= 0.6 is 0 Å². The molecule has 2 N–H and O–H groups in total. The first kappa shape index (κ1) is 13.8. The zero-order valence-corrected chi connectivity index (χ0v) is 11.2. The smallest absolute Gasteiger partial charge is 0.244 e. The highest BCUT2D eigenvalue weighted by Gasteiger charge is 2.02. The maximum absolute atomic E-state index is 11.7. The summed E-state index contributed by atoms with van der Waals surface area (Å²) >= 11 is 0. The first-order valence-electron chi connectivity index (χ1n) is 6.30. The Kier molecular flexibility index (Phi) is 4.50. The van der Waals surface area contributed by atoms with Crippen molar-refractivity contribution in [1.82, 2.24) is 5.43 Å². The topological polar surface area (TPSA) is 61.7 Å². The lowest BCUT2D eigenvalue weighted by Crippen LogP contribution is -2.19. The number of nitrogens with zero attached hydrogens (tertiary/aromatic N) is 1. The van der Waals surface area contributed by atoms with Crippen LogP contribution in [-0.2, 0) is 11.2 Å². The number of carbonyl (C=O) groups excluding carboxylic acids is 1. The number of nitrogens with one attached hydrogen (secondary N) is 1. The van der Waals surface area contributed by atoms with Crippen molar-refractivity contribution in [2.24, 2.45) is 5.10 Å². The van der Waals surface area contributed by atoms with Crippen LogP contribution in [0, 0.1) is 6.92 Å². The first-order valence-corrected chi connectivity index (χ1v) is 6.30. The van der Waals surface area contributed by atoms with Crippen molar-refractivity contribution in [2.75, 3.05) is 0 Å². The molecule has 0 radical (unpaired) electrons. The van der Waals surface area contributed by atoms with Crippen molar-refractivity contribution < 1.29 is 9.90 Å². The van der Waals surface area contributed by atoms with Crippen LogP contribution in [0.2, 0.25) is 0 Å². The Morgan fingerprint density at radius 3 is 2.80 bits per heavy atom. The third-order valence-electron chi connectivity index (χ3n) is 2.86. The number of hydrazone groups is 1. The SMILES string of the molecule is Cc1ccccc1/C=N/NC(=O)Cc1cccc(O)c1. The largest absolute Gasteiger partial charge is 0.508 e. The number of aryl methyl sites for hydroxylation is 1. The molecule has 0 aliphatic rings. The summed E-state index contributed by atoms with van der Waals surface area (Å²) in [5, 5.41) is 13.3. The van der Waals surface area contributed by atoms with Gasteiger partial charge in [-0.1, -0.05) is 36.4 Å². The molecule has 0 saturated carbocycles. The third-order valence-corrected chi connectivity index (χ3v) is 2.86. The molecule has 0 unspecified atom stereocenters. The normalized spacial score (nSPS) is 10.7. The van der Waals surface area contributed by atoms with Crippen LogP contribution in [0.3, 0.4) is 0 Å². The zero-order chi connectivity index (χ0) is 14.4. The van der Waals surface area contributed by atoms with Gasteiger partial charge in [0.05, 0.1) is 12.6 Å². The Balaban J connectivity index is 1.91. The number of carbonyl (C=O) groups is 1. The monoisotopic (exact) mass is 268 g/mol. The van der Waals surface area contributed by atoms with Gasteiger partial charge in [-0.05, 0) is 35.7 Å². The van der Waals surface area contributed by atoms with E-state index in [1.165, 1.54) is 0 Å². The van der Waals surface area contributed by atoms with E-state index >= 15 is 0 Å². The highest BCUT2D eigenvalue weighted by Crippen LogP contribution is 2.11. The summed E-state index contributed by atoms with van der Waals surface area (Å²) in [6.45, 7) is 1.98. The Bertz CT molecular complexity index is 636. The van der Waals surface area contributed by atoms with Crippen molar-refractivity contribution in [3.63, 3.8) is 0 Å². The van der Waals surface area contributed by atoms with Gasteiger partial charge < -0.3 is 5.11 Å². The number of hydrogen-bond acceptors (Lipinski definition) is 3. The molecular formula is C16H16N2O2. The number of phenols is 1. The van der Waals surface area contributed by atoms with E-state index in [4.69, 9.17) is 0 Å². The molecule has 2 rings (SSSR count). The molecule has 0 saturated heterocycles. The summed E-state index contributed by atoms with van der Waals surface area (Å²) in [5.74, 6) is -0.0702. The molecule has 0 atom stereocenters. The van der Waals surface area contributed by atoms with Gasteiger partial charge in [0.2, 0.25) is 5.91 Å². The highest BCUT2D eigenvalue weighted by atomic mass is 16.3. The van der Waals surface area contributed by atoms with Crippen LogP contribution < -0.4 is 5.43 Å². The summed E-state index contributed by atoms with van der Waals surface area (Å²) in [5.41, 5.74) is 5.28. The molecule has 2 aromatic rings. The minimum Gasteiger partial charge on any atom is -0.508 e. The van der Waals surface area contributed by atoms with Gasteiger partial charge >= 0.3 is 0 Å². The molecule has 102 valence electrons. The second-order valence-corrected chi connectivity index (χ2v) is 4.50. The minimum absolute atomic E-state index is 0.152. The van der Waals surface area contributed by atoms with E-state index in [2.05, 4.69) is 10.5 Å². The van der Waals surface area contributed by atoms with E-state index in [0.717, 1.165) is 16.7 Å². The lowest BCUT2D eigenvalue weighted by Gasteiger charge is -2.02. The molecular weight excluding hydrogens is 252 g/mol. The quantitative estimate of drug-likeness (QED) is 0.660. The Hall–Kier alpha value is -2.62. The molecule has 0 fully saturated rings. The second-order valence-electron chi connectivity index (χ2n) is 4.50. The predicted molar refractivity (Wildman–Crippen MR) is 78.7 cm³/mol. The maximum Gasteiger partial charge on any atom is 0.244 e. The molecule has 1 amide bonds. The minimum atomic E-state index is -0.222. The van der Waals surface area contributed by atoms with Gasteiger partial charge in [0.25, 0.3) is 0 Å². The summed E-state index contributed by atoms with van der Waals surface area (Å²) in [6.07, 6.45) is 1.80. The molecule has 0 aromatic heterocycles. The van der Waals surface area contributed by atoms with Crippen molar-refractivity contribution in [1.29, 1.82) is 0 Å². The number of aromatic hydroxyl groups is 1. The first-order chi connectivity index (χ1) is 9.65. The van der Waals surface area contributed by atoms with E-state index in [9.17, 15) is 9.90 Å². The third kappa shape index (κ3) is 3.95.